The summed E-state index contributed by atoms with van der Waals surface area (Å²) in [7, 11) is 0. The van der Waals surface area contributed by atoms with Gasteiger partial charge < -0.3 is 15.0 Å². The van der Waals surface area contributed by atoms with Crippen molar-refractivity contribution in [2.45, 2.75) is 79.2 Å². The zero-order valence-corrected chi connectivity index (χ0v) is 21.1. The van der Waals surface area contributed by atoms with Crippen LogP contribution in [0.15, 0.2) is 23.6 Å². The number of thiazole rings is 1. The van der Waals surface area contributed by atoms with Crippen LogP contribution >= 0.6 is 11.3 Å². The molecule has 0 atom stereocenters. The van der Waals surface area contributed by atoms with Gasteiger partial charge in [-0.15, -0.1) is 11.3 Å². The fraction of sp³-hybridized carbons (Fsp3) is 0.560. The summed E-state index contributed by atoms with van der Waals surface area (Å²) in [4.78, 5) is 31.6. The third kappa shape index (κ3) is 7.05. The first-order valence-electron chi connectivity index (χ1n) is 11.6. The van der Waals surface area contributed by atoms with E-state index in [2.05, 4.69) is 63.1 Å². The molecule has 0 saturated heterocycles. The molecule has 0 aliphatic heterocycles. The molecule has 0 aliphatic carbocycles. The Morgan fingerprint density at radius 3 is 2.31 bits per heavy atom. The van der Waals surface area contributed by atoms with Gasteiger partial charge in [0.15, 0.2) is 5.69 Å². The molecule has 7 heteroatoms. The number of carbonyl (C=O) groups is 2. The van der Waals surface area contributed by atoms with Gasteiger partial charge in [-0.1, -0.05) is 65.7 Å². The molecule has 2 amide bonds. The Hall–Kier alpha value is -2.41. The van der Waals surface area contributed by atoms with Crippen LogP contribution in [-0.2, 0) is 11.3 Å². The van der Waals surface area contributed by atoms with Crippen molar-refractivity contribution in [3.63, 3.8) is 0 Å². The predicted octanol–water partition coefficient (Wildman–Crippen LogP) is 6.79. The Morgan fingerprint density at radius 1 is 1.09 bits per heavy atom. The second-order valence-corrected chi connectivity index (χ2v) is 9.47. The SMILES string of the molecule is CCCCCN(Cc1nc(C(=O)OCC)cs1)C(=O)Nc1c(C(C)C)cccc1C(C)C. The summed E-state index contributed by atoms with van der Waals surface area (Å²) >= 11 is 1.38. The number of hydrogen-bond acceptors (Lipinski definition) is 5. The lowest BCUT2D eigenvalue weighted by atomic mass is 9.93. The number of benzene rings is 1. The predicted molar refractivity (Wildman–Crippen MR) is 132 cm³/mol. The molecule has 1 aromatic carbocycles. The summed E-state index contributed by atoms with van der Waals surface area (Å²) in [6.45, 7) is 13.8. The summed E-state index contributed by atoms with van der Waals surface area (Å²) in [5.41, 5.74) is 3.48. The smallest absolute Gasteiger partial charge is 0.357 e. The van der Waals surface area contributed by atoms with Gasteiger partial charge in [0.2, 0.25) is 0 Å². The van der Waals surface area contributed by atoms with E-state index in [0.29, 0.717) is 37.2 Å². The number of urea groups is 1. The second kappa shape index (κ2) is 12.6. The number of rotatable bonds is 11. The van der Waals surface area contributed by atoms with Crippen LogP contribution < -0.4 is 5.32 Å². The summed E-state index contributed by atoms with van der Waals surface area (Å²) in [5, 5.41) is 5.63. The number of esters is 1. The van der Waals surface area contributed by atoms with Crippen LogP contribution in [0.25, 0.3) is 0 Å². The van der Waals surface area contributed by atoms with Crippen molar-refractivity contribution in [3.05, 3.63) is 45.4 Å². The van der Waals surface area contributed by atoms with Crippen LogP contribution in [0.3, 0.4) is 0 Å². The van der Waals surface area contributed by atoms with Crippen molar-refractivity contribution in [2.75, 3.05) is 18.5 Å². The van der Waals surface area contributed by atoms with E-state index in [1.807, 2.05) is 0 Å². The summed E-state index contributed by atoms with van der Waals surface area (Å²) < 4.78 is 5.04. The molecule has 0 fully saturated rings. The van der Waals surface area contributed by atoms with Crippen LogP contribution in [0.2, 0.25) is 0 Å². The number of nitrogens with one attached hydrogen (secondary N) is 1. The van der Waals surface area contributed by atoms with Gasteiger partial charge in [-0.3, -0.25) is 0 Å². The van der Waals surface area contributed by atoms with Gasteiger partial charge in [-0.05, 0) is 36.3 Å². The number of amides is 2. The van der Waals surface area contributed by atoms with Gasteiger partial charge in [0.1, 0.15) is 5.01 Å². The van der Waals surface area contributed by atoms with E-state index in [9.17, 15) is 9.59 Å². The van der Waals surface area contributed by atoms with E-state index in [0.717, 1.165) is 41.1 Å². The maximum absolute atomic E-state index is 13.4. The lowest BCUT2D eigenvalue weighted by molar-refractivity contribution is 0.0520. The molecule has 0 spiro atoms. The molecule has 2 rings (SSSR count). The highest BCUT2D eigenvalue weighted by Gasteiger charge is 2.21. The minimum atomic E-state index is -0.426. The summed E-state index contributed by atoms with van der Waals surface area (Å²) in [5.74, 6) is 0.164. The molecule has 1 heterocycles. The standard InChI is InChI=1S/C25H37N3O3S/c1-7-9-10-14-28(15-22-26-21(16-32-22)24(29)31-8-2)25(30)27-23-19(17(3)4)12-11-13-20(23)18(5)6/h11-13,16-18H,7-10,14-15H2,1-6H3,(H,27,30). The van der Waals surface area contributed by atoms with Crippen LogP contribution in [-0.4, -0.2) is 35.0 Å². The quantitative estimate of drug-likeness (QED) is 0.296. The minimum Gasteiger partial charge on any atom is -0.461 e. The lowest BCUT2D eigenvalue weighted by Gasteiger charge is -2.25. The number of nitrogens with zero attached hydrogens (tertiary/aromatic N) is 2. The number of aromatic nitrogens is 1. The topological polar surface area (TPSA) is 71.5 Å². The van der Waals surface area contributed by atoms with Crippen molar-refractivity contribution < 1.29 is 14.3 Å². The van der Waals surface area contributed by atoms with E-state index in [1.54, 1.807) is 17.2 Å². The Morgan fingerprint density at radius 2 is 1.75 bits per heavy atom. The highest BCUT2D eigenvalue weighted by molar-refractivity contribution is 7.09. The fourth-order valence-corrected chi connectivity index (χ4v) is 4.31. The lowest BCUT2D eigenvalue weighted by Crippen LogP contribution is -2.36. The molecule has 0 saturated carbocycles. The maximum atomic E-state index is 13.4. The average Bonchev–Trinajstić information content (AvgIpc) is 3.22. The van der Waals surface area contributed by atoms with E-state index >= 15 is 0 Å². The minimum absolute atomic E-state index is 0.135. The first kappa shape index (κ1) is 25.8. The number of carbonyl (C=O) groups excluding carboxylic acids is 2. The fourth-order valence-electron chi connectivity index (χ4n) is 3.53. The molecule has 2 aromatic rings. The van der Waals surface area contributed by atoms with Crippen LogP contribution in [0, 0.1) is 0 Å². The zero-order valence-electron chi connectivity index (χ0n) is 20.2. The Kier molecular flexibility index (Phi) is 10.2. The van der Waals surface area contributed by atoms with Crippen LogP contribution in [0.1, 0.15) is 99.3 Å². The first-order chi connectivity index (χ1) is 15.3. The third-order valence-corrected chi connectivity index (χ3v) is 6.12. The molecule has 6 nitrogen and oxygen atoms in total. The van der Waals surface area contributed by atoms with Crippen molar-refractivity contribution in [2.24, 2.45) is 0 Å². The molecule has 176 valence electrons. The highest BCUT2D eigenvalue weighted by Crippen LogP contribution is 2.32. The normalized spacial score (nSPS) is 11.1. The largest absolute Gasteiger partial charge is 0.461 e. The van der Waals surface area contributed by atoms with E-state index in [1.165, 1.54) is 11.3 Å². The van der Waals surface area contributed by atoms with E-state index in [4.69, 9.17) is 4.74 Å². The van der Waals surface area contributed by atoms with Crippen molar-refractivity contribution in [1.82, 2.24) is 9.88 Å². The van der Waals surface area contributed by atoms with Crippen molar-refractivity contribution in [3.8, 4) is 0 Å². The first-order valence-corrected chi connectivity index (χ1v) is 12.5. The Bertz CT molecular complexity index is 866. The van der Waals surface area contributed by atoms with Gasteiger partial charge in [0.25, 0.3) is 0 Å². The zero-order chi connectivity index (χ0) is 23.7. The molecule has 0 aliphatic rings. The molecule has 1 aromatic heterocycles. The summed E-state index contributed by atoms with van der Waals surface area (Å²) in [6, 6.07) is 6.09. The molecule has 32 heavy (non-hydrogen) atoms. The third-order valence-electron chi connectivity index (χ3n) is 5.29. The highest BCUT2D eigenvalue weighted by atomic mass is 32.1. The van der Waals surface area contributed by atoms with Crippen LogP contribution in [0.4, 0.5) is 10.5 Å². The average molecular weight is 460 g/mol. The van der Waals surface area contributed by atoms with E-state index < -0.39 is 5.97 Å². The van der Waals surface area contributed by atoms with Gasteiger partial charge in [-0.2, -0.15) is 0 Å². The van der Waals surface area contributed by atoms with Crippen molar-refractivity contribution >= 4 is 29.0 Å². The number of para-hydroxylation sites is 1. The molecular formula is C25H37N3O3S. The van der Waals surface area contributed by atoms with Crippen molar-refractivity contribution in [1.29, 1.82) is 0 Å². The monoisotopic (exact) mass is 459 g/mol. The molecule has 0 bridgehead atoms. The van der Waals surface area contributed by atoms with Gasteiger partial charge in [0, 0.05) is 17.6 Å². The number of hydrogen-bond donors (Lipinski definition) is 1. The number of unbranched alkanes of at least 4 members (excludes halogenated alkanes) is 2. The number of ether oxygens (including phenoxy) is 1. The molecule has 1 N–H and O–H groups in total. The molecule has 0 unspecified atom stereocenters. The van der Waals surface area contributed by atoms with Gasteiger partial charge in [0.05, 0.1) is 13.2 Å². The molecule has 0 radical (unpaired) electrons. The second-order valence-electron chi connectivity index (χ2n) is 8.53. The summed E-state index contributed by atoms with van der Waals surface area (Å²) in [6.07, 6.45) is 3.05. The Balaban J connectivity index is 2.26. The van der Waals surface area contributed by atoms with Crippen LogP contribution in [0.5, 0.6) is 0 Å². The van der Waals surface area contributed by atoms with Gasteiger partial charge >= 0.3 is 12.0 Å². The number of anilines is 1. The van der Waals surface area contributed by atoms with E-state index in [-0.39, 0.29) is 6.03 Å². The maximum Gasteiger partial charge on any atom is 0.357 e. The Labute approximate surface area is 196 Å². The molecular weight excluding hydrogens is 422 g/mol. The van der Waals surface area contributed by atoms with Gasteiger partial charge in [-0.25, -0.2) is 14.6 Å².